The molecule has 2 N–H and O–H groups in total. The summed E-state index contributed by atoms with van der Waals surface area (Å²) >= 11 is 12.1. The molecule has 0 aliphatic rings. The molecule has 0 bridgehead atoms. The molecule has 7 heteroatoms. The van der Waals surface area contributed by atoms with Crippen LogP contribution in [-0.2, 0) is 11.3 Å². The van der Waals surface area contributed by atoms with Crippen molar-refractivity contribution in [2.24, 2.45) is 0 Å². The molecule has 1 aromatic heterocycles. The number of benzene rings is 3. The maximum Gasteiger partial charge on any atom is 0.242 e. The second-order valence-corrected chi connectivity index (χ2v) is 7.82. The van der Waals surface area contributed by atoms with Gasteiger partial charge in [0.05, 0.1) is 21.7 Å². The van der Waals surface area contributed by atoms with Gasteiger partial charge >= 0.3 is 0 Å². The molecule has 0 saturated carbocycles. The zero-order valence-corrected chi connectivity index (χ0v) is 17.8. The third-order valence-corrected chi connectivity index (χ3v) is 5.38. The number of aromatic nitrogens is 2. The molecule has 3 aromatic carbocycles. The Bertz CT molecular complexity index is 1190. The van der Waals surface area contributed by atoms with E-state index in [1.807, 2.05) is 59.4 Å². The van der Waals surface area contributed by atoms with Gasteiger partial charge < -0.3 is 10.6 Å². The summed E-state index contributed by atoms with van der Waals surface area (Å²) in [7, 11) is 0. The average Bonchev–Trinajstić information content (AvgIpc) is 3.18. The molecule has 1 heterocycles. The lowest BCUT2D eigenvalue weighted by Gasteiger charge is -2.16. The van der Waals surface area contributed by atoms with Crippen LogP contribution < -0.4 is 10.6 Å². The first-order chi connectivity index (χ1) is 14.5. The standard InChI is InChI=1S/C23H20Cl2N4O/c1-15(28-20-11-8-17(24)12-19(20)25)23(30)26-13-16-6-9-18(10-7-16)29-14-27-21-4-2-3-5-22(21)29/h2-12,14-15,28H,13H2,1H3,(H,26,30). The van der Waals surface area contributed by atoms with Crippen molar-refractivity contribution in [3.05, 3.63) is 88.7 Å². The second kappa shape index (κ2) is 8.78. The van der Waals surface area contributed by atoms with Crippen molar-refractivity contribution in [1.29, 1.82) is 0 Å². The lowest BCUT2D eigenvalue weighted by Crippen LogP contribution is -2.37. The van der Waals surface area contributed by atoms with E-state index in [1.54, 1.807) is 25.1 Å². The summed E-state index contributed by atoms with van der Waals surface area (Å²) in [5, 5.41) is 7.08. The number of amides is 1. The van der Waals surface area contributed by atoms with Crippen molar-refractivity contribution in [1.82, 2.24) is 14.9 Å². The predicted octanol–water partition coefficient (Wildman–Crippen LogP) is 5.45. The van der Waals surface area contributed by atoms with E-state index >= 15 is 0 Å². The number of anilines is 1. The molecular formula is C23H20Cl2N4O. The molecule has 4 aromatic rings. The number of nitrogens with zero attached hydrogens (tertiary/aromatic N) is 2. The average molecular weight is 439 g/mol. The normalized spacial score (nSPS) is 12.0. The Morgan fingerprint density at radius 3 is 2.60 bits per heavy atom. The SMILES string of the molecule is CC(Nc1ccc(Cl)cc1Cl)C(=O)NCc1ccc(-n2cnc3ccccc32)cc1. The van der Waals surface area contributed by atoms with Gasteiger partial charge in [0, 0.05) is 17.3 Å². The Labute approximate surface area is 184 Å². The molecule has 5 nitrogen and oxygen atoms in total. The fourth-order valence-corrected chi connectivity index (χ4v) is 3.65. The van der Waals surface area contributed by atoms with Crippen LogP contribution in [0.25, 0.3) is 16.7 Å². The maximum atomic E-state index is 12.4. The minimum atomic E-state index is -0.444. The zero-order valence-electron chi connectivity index (χ0n) is 16.3. The number of hydrogen-bond donors (Lipinski definition) is 2. The van der Waals surface area contributed by atoms with E-state index in [0.717, 1.165) is 22.3 Å². The molecular weight excluding hydrogens is 419 g/mol. The van der Waals surface area contributed by atoms with Gasteiger partial charge in [0.2, 0.25) is 5.91 Å². The van der Waals surface area contributed by atoms with E-state index in [1.165, 1.54) is 0 Å². The van der Waals surface area contributed by atoms with E-state index in [4.69, 9.17) is 23.2 Å². The Morgan fingerprint density at radius 1 is 1.07 bits per heavy atom. The van der Waals surface area contributed by atoms with Gasteiger partial charge in [-0.1, -0.05) is 47.5 Å². The zero-order chi connectivity index (χ0) is 21.1. The number of rotatable bonds is 6. The predicted molar refractivity (Wildman–Crippen MR) is 122 cm³/mol. The van der Waals surface area contributed by atoms with E-state index in [0.29, 0.717) is 22.3 Å². The van der Waals surface area contributed by atoms with Crippen molar-refractivity contribution < 1.29 is 4.79 Å². The molecule has 4 rings (SSSR count). The van der Waals surface area contributed by atoms with Crippen LogP contribution in [0.2, 0.25) is 10.0 Å². The largest absolute Gasteiger partial charge is 0.373 e. The van der Waals surface area contributed by atoms with Gasteiger partial charge in [-0.3, -0.25) is 9.36 Å². The summed E-state index contributed by atoms with van der Waals surface area (Å²) in [6.45, 7) is 2.22. The molecule has 1 amide bonds. The summed E-state index contributed by atoms with van der Waals surface area (Å²) in [5.41, 5.74) is 4.70. The first kappa shape index (κ1) is 20.3. The number of imidazole rings is 1. The van der Waals surface area contributed by atoms with Gasteiger partial charge in [0.15, 0.2) is 0 Å². The topological polar surface area (TPSA) is 59.0 Å². The van der Waals surface area contributed by atoms with Crippen LogP contribution in [0, 0.1) is 0 Å². The van der Waals surface area contributed by atoms with Crippen molar-refractivity contribution in [2.45, 2.75) is 19.5 Å². The molecule has 30 heavy (non-hydrogen) atoms. The number of carbonyl (C=O) groups excluding carboxylic acids is 1. The van der Waals surface area contributed by atoms with Gasteiger partial charge in [0.1, 0.15) is 12.4 Å². The first-order valence-electron chi connectivity index (χ1n) is 9.52. The summed E-state index contributed by atoms with van der Waals surface area (Å²) in [4.78, 5) is 16.9. The highest BCUT2D eigenvalue weighted by atomic mass is 35.5. The van der Waals surface area contributed by atoms with E-state index < -0.39 is 6.04 Å². The molecule has 152 valence electrons. The lowest BCUT2D eigenvalue weighted by atomic mass is 10.2. The molecule has 1 atom stereocenters. The maximum absolute atomic E-state index is 12.4. The van der Waals surface area contributed by atoms with Gasteiger partial charge in [-0.25, -0.2) is 4.98 Å². The summed E-state index contributed by atoms with van der Waals surface area (Å²) in [6, 6.07) is 20.7. The highest BCUT2D eigenvalue weighted by Gasteiger charge is 2.14. The van der Waals surface area contributed by atoms with Crippen molar-refractivity contribution in [2.75, 3.05) is 5.32 Å². The Morgan fingerprint density at radius 2 is 1.83 bits per heavy atom. The fourth-order valence-electron chi connectivity index (χ4n) is 3.19. The van der Waals surface area contributed by atoms with Crippen LogP contribution in [-0.4, -0.2) is 21.5 Å². The third kappa shape index (κ3) is 4.42. The monoisotopic (exact) mass is 438 g/mol. The Kier molecular flexibility index (Phi) is 5.93. The molecule has 1 unspecified atom stereocenters. The Balaban J connectivity index is 1.37. The van der Waals surface area contributed by atoms with Crippen LogP contribution in [0.15, 0.2) is 73.1 Å². The minimum Gasteiger partial charge on any atom is -0.373 e. The summed E-state index contributed by atoms with van der Waals surface area (Å²) in [6.07, 6.45) is 1.82. The number of hydrogen-bond acceptors (Lipinski definition) is 3. The molecule has 0 aliphatic heterocycles. The minimum absolute atomic E-state index is 0.120. The molecule has 0 saturated heterocycles. The molecule has 0 radical (unpaired) electrons. The fraction of sp³-hybridized carbons (Fsp3) is 0.130. The Hall–Kier alpha value is -3.02. The number of halogens is 2. The first-order valence-corrected chi connectivity index (χ1v) is 10.3. The summed E-state index contributed by atoms with van der Waals surface area (Å²) in [5.74, 6) is -0.120. The van der Waals surface area contributed by atoms with E-state index in [-0.39, 0.29) is 5.91 Å². The van der Waals surface area contributed by atoms with Gasteiger partial charge in [-0.15, -0.1) is 0 Å². The quantitative estimate of drug-likeness (QED) is 0.420. The second-order valence-electron chi connectivity index (χ2n) is 6.98. The van der Waals surface area contributed by atoms with Crippen LogP contribution in [0.1, 0.15) is 12.5 Å². The van der Waals surface area contributed by atoms with Crippen LogP contribution in [0.4, 0.5) is 5.69 Å². The molecule has 0 spiro atoms. The third-order valence-electron chi connectivity index (χ3n) is 4.83. The highest BCUT2D eigenvalue weighted by Crippen LogP contribution is 2.26. The van der Waals surface area contributed by atoms with Gasteiger partial charge in [-0.05, 0) is 55.0 Å². The number of fused-ring (bicyclic) bond motifs is 1. The van der Waals surface area contributed by atoms with Gasteiger partial charge in [-0.2, -0.15) is 0 Å². The van der Waals surface area contributed by atoms with E-state index in [2.05, 4.69) is 15.6 Å². The number of carbonyl (C=O) groups is 1. The molecule has 0 aliphatic carbocycles. The van der Waals surface area contributed by atoms with Crippen molar-refractivity contribution in [3.63, 3.8) is 0 Å². The van der Waals surface area contributed by atoms with Crippen molar-refractivity contribution in [3.8, 4) is 5.69 Å². The highest BCUT2D eigenvalue weighted by molar-refractivity contribution is 6.36. The van der Waals surface area contributed by atoms with Crippen LogP contribution >= 0.6 is 23.2 Å². The molecule has 0 fully saturated rings. The smallest absolute Gasteiger partial charge is 0.242 e. The van der Waals surface area contributed by atoms with Crippen LogP contribution in [0.3, 0.4) is 0 Å². The summed E-state index contributed by atoms with van der Waals surface area (Å²) < 4.78 is 2.04. The number of nitrogens with one attached hydrogen (secondary N) is 2. The van der Waals surface area contributed by atoms with Crippen molar-refractivity contribution >= 4 is 45.8 Å². The van der Waals surface area contributed by atoms with Gasteiger partial charge in [0.25, 0.3) is 0 Å². The van der Waals surface area contributed by atoms with Crippen LogP contribution in [0.5, 0.6) is 0 Å². The lowest BCUT2D eigenvalue weighted by molar-refractivity contribution is -0.121. The van der Waals surface area contributed by atoms with E-state index in [9.17, 15) is 4.79 Å². The number of para-hydroxylation sites is 2.